The predicted molar refractivity (Wildman–Crippen MR) is 66.2 cm³/mol. The summed E-state index contributed by atoms with van der Waals surface area (Å²) in [5, 5.41) is 0. The summed E-state index contributed by atoms with van der Waals surface area (Å²) >= 11 is 0. The Kier molecular flexibility index (Phi) is 1.97. The highest BCUT2D eigenvalue weighted by Gasteiger charge is 2.77. The maximum Gasteiger partial charge on any atom is 0.339 e. The lowest BCUT2D eigenvalue weighted by molar-refractivity contribution is -0.166. The molecule has 100 valence electrons. The maximum atomic E-state index is 12.1. The van der Waals surface area contributed by atoms with Crippen molar-refractivity contribution in [2.75, 3.05) is 0 Å². The van der Waals surface area contributed by atoms with Crippen LogP contribution in [0.4, 0.5) is 0 Å². The second-order valence-electron chi connectivity index (χ2n) is 5.95. The molecule has 0 radical (unpaired) electrons. The SMILES string of the molecule is CC1=CCC[C@@]2(C)[C@@H](c3ccoc3)OC(=O)[C@H]3O[C@]132. The summed E-state index contributed by atoms with van der Waals surface area (Å²) in [4.78, 5) is 12.1. The van der Waals surface area contributed by atoms with Gasteiger partial charge in [-0.05, 0) is 31.4 Å². The molecule has 2 saturated heterocycles. The Morgan fingerprint density at radius 2 is 2.21 bits per heavy atom. The molecule has 19 heavy (non-hydrogen) atoms. The fourth-order valence-corrected chi connectivity index (χ4v) is 3.97. The van der Waals surface area contributed by atoms with E-state index < -0.39 is 11.7 Å². The minimum absolute atomic E-state index is 0.214. The van der Waals surface area contributed by atoms with Crippen molar-refractivity contribution in [3.05, 3.63) is 35.8 Å². The van der Waals surface area contributed by atoms with Gasteiger partial charge >= 0.3 is 5.97 Å². The van der Waals surface area contributed by atoms with Crippen molar-refractivity contribution in [3.8, 4) is 0 Å². The van der Waals surface area contributed by atoms with E-state index in [-0.39, 0.29) is 17.5 Å². The van der Waals surface area contributed by atoms with Gasteiger partial charge in [0.25, 0.3) is 0 Å². The first kappa shape index (κ1) is 11.3. The van der Waals surface area contributed by atoms with Crippen molar-refractivity contribution >= 4 is 5.97 Å². The van der Waals surface area contributed by atoms with Crippen LogP contribution in [0.2, 0.25) is 0 Å². The van der Waals surface area contributed by atoms with E-state index in [9.17, 15) is 4.79 Å². The topological polar surface area (TPSA) is 52.0 Å². The number of hydrogen-bond acceptors (Lipinski definition) is 4. The van der Waals surface area contributed by atoms with Gasteiger partial charge in [-0.1, -0.05) is 13.0 Å². The van der Waals surface area contributed by atoms with Crippen molar-refractivity contribution < 1.29 is 18.7 Å². The summed E-state index contributed by atoms with van der Waals surface area (Å²) in [5.74, 6) is -0.252. The smallest absolute Gasteiger partial charge is 0.339 e. The fraction of sp³-hybridized carbons (Fsp3) is 0.533. The summed E-state index contributed by atoms with van der Waals surface area (Å²) in [5.41, 5.74) is 1.41. The van der Waals surface area contributed by atoms with E-state index in [0.29, 0.717) is 0 Å². The quantitative estimate of drug-likeness (QED) is 0.442. The van der Waals surface area contributed by atoms with E-state index in [0.717, 1.165) is 24.0 Å². The molecule has 2 fully saturated rings. The minimum Gasteiger partial charge on any atom is -0.472 e. The third-order valence-electron chi connectivity index (χ3n) is 5.04. The Morgan fingerprint density at radius 1 is 1.37 bits per heavy atom. The van der Waals surface area contributed by atoms with E-state index in [4.69, 9.17) is 13.9 Å². The Bertz CT molecular complexity index is 573. The van der Waals surface area contributed by atoms with Crippen LogP contribution in [0, 0.1) is 5.41 Å². The first-order valence-electron chi connectivity index (χ1n) is 6.67. The van der Waals surface area contributed by atoms with Crippen LogP contribution in [0.15, 0.2) is 34.7 Å². The van der Waals surface area contributed by atoms with Crippen LogP contribution in [0.25, 0.3) is 0 Å². The lowest BCUT2D eigenvalue weighted by atomic mass is 9.60. The maximum absolute atomic E-state index is 12.1. The Hall–Kier alpha value is -1.55. The molecule has 4 heteroatoms. The number of epoxide rings is 1. The number of esters is 1. The van der Waals surface area contributed by atoms with E-state index in [1.807, 2.05) is 6.07 Å². The van der Waals surface area contributed by atoms with Gasteiger partial charge in [-0.15, -0.1) is 0 Å². The summed E-state index contributed by atoms with van der Waals surface area (Å²) < 4.78 is 16.7. The monoisotopic (exact) mass is 260 g/mol. The highest BCUT2D eigenvalue weighted by atomic mass is 16.7. The summed E-state index contributed by atoms with van der Waals surface area (Å²) in [6.07, 6.45) is 6.69. The third kappa shape index (κ3) is 1.16. The highest BCUT2D eigenvalue weighted by Crippen LogP contribution is 2.67. The molecule has 4 atom stereocenters. The van der Waals surface area contributed by atoms with Crippen LogP contribution in [0.1, 0.15) is 38.4 Å². The minimum atomic E-state index is -0.456. The van der Waals surface area contributed by atoms with Crippen molar-refractivity contribution in [1.29, 1.82) is 0 Å². The zero-order chi connectivity index (χ0) is 13.3. The van der Waals surface area contributed by atoms with Crippen molar-refractivity contribution in [2.45, 2.75) is 44.5 Å². The zero-order valence-electron chi connectivity index (χ0n) is 11.0. The summed E-state index contributed by atoms with van der Waals surface area (Å²) in [6.45, 7) is 4.22. The van der Waals surface area contributed by atoms with Crippen LogP contribution in [0.3, 0.4) is 0 Å². The Labute approximate surface area is 111 Å². The van der Waals surface area contributed by atoms with Gasteiger partial charge in [0.15, 0.2) is 6.10 Å². The van der Waals surface area contributed by atoms with E-state index in [2.05, 4.69) is 19.9 Å². The third-order valence-corrected chi connectivity index (χ3v) is 5.04. The molecule has 0 aromatic carbocycles. The first-order chi connectivity index (χ1) is 9.09. The number of cyclic esters (lactones) is 1. The molecule has 4 rings (SSSR count). The molecule has 1 aromatic heterocycles. The standard InChI is InChI=1S/C15H16O4/c1-9-4-3-6-14(2)11(10-5-7-17-8-10)18-13(16)12-15(9,14)19-12/h4-5,7-8,11-12H,3,6H2,1-2H3/t11-,12-,14+,15-/m1/s1. The van der Waals surface area contributed by atoms with Crippen LogP contribution in [-0.4, -0.2) is 17.7 Å². The van der Waals surface area contributed by atoms with Crippen LogP contribution < -0.4 is 0 Å². The number of allylic oxidation sites excluding steroid dienone is 1. The lowest BCUT2D eigenvalue weighted by Gasteiger charge is -2.46. The second kappa shape index (κ2) is 3.31. The average molecular weight is 260 g/mol. The van der Waals surface area contributed by atoms with Gasteiger partial charge in [0.1, 0.15) is 11.7 Å². The summed E-state index contributed by atoms with van der Waals surface area (Å²) in [6, 6.07) is 1.87. The lowest BCUT2D eigenvalue weighted by Crippen LogP contribution is -2.51. The molecule has 1 aromatic rings. The number of furan rings is 1. The Morgan fingerprint density at radius 3 is 2.95 bits per heavy atom. The molecule has 0 bridgehead atoms. The van der Waals surface area contributed by atoms with Gasteiger partial charge < -0.3 is 13.9 Å². The van der Waals surface area contributed by atoms with E-state index >= 15 is 0 Å². The van der Waals surface area contributed by atoms with E-state index in [1.54, 1.807) is 12.5 Å². The normalized spacial score (nSPS) is 43.9. The predicted octanol–water partition coefficient (Wildman–Crippen LogP) is 2.76. The largest absolute Gasteiger partial charge is 0.472 e. The average Bonchev–Trinajstić information content (AvgIpc) is 2.94. The molecule has 2 aliphatic heterocycles. The number of carbonyl (C=O) groups excluding carboxylic acids is 1. The summed E-state index contributed by atoms with van der Waals surface area (Å²) in [7, 11) is 0. The molecule has 1 spiro atoms. The van der Waals surface area contributed by atoms with Crippen molar-refractivity contribution in [3.63, 3.8) is 0 Å². The van der Waals surface area contributed by atoms with Gasteiger partial charge in [-0.3, -0.25) is 0 Å². The van der Waals surface area contributed by atoms with Crippen LogP contribution in [0.5, 0.6) is 0 Å². The molecule has 3 aliphatic rings. The van der Waals surface area contributed by atoms with Crippen molar-refractivity contribution in [1.82, 2.24) is 0 Å². The highest BCUT2D eigenvalue weighted by molar-refractivity contribution is 5.83. The number of hydrogen-bond donors (Lipinski definition) is 0. The van der Waals surface area contributed by atoms with Crippen LogP contribution >= 0.6 is 0 Å². The Balaban J connectivity index is 1.86. The second-order valence-corrected chi connectivity index (χ2v) is 5.95. The molecule has 0 saturated carbocycles. The van der Waals surface area contributed by atoms with Crippen molar-refractivity contribution in [2.24, 2.45) is 5.41 Å². The number of carbonyl (C=O) groups is 1. The molecule has 0 amide bonds. The molecule has 1 aliphatic carbocycles. The van der Waals surface area contributed by atoms with Gasteiger partial charge in [-0.2, -0.15) is 0 Å². The number of rotatable bonds is 1. The molecule has 4 nitrogen and oxygen atoms in total. The van der Waals surface area contributed by atoms with Gasteiger partial charge in [-0.25, -0.2) is 4.79 Å². The molecular weight excluding hydrogens is 244 g/mol. The molecular formula is C15H16O4. The first-order valence-corrected chi connectivity index (χ1v) is 6.67. The van der Waals surface area contributed by atoms with Gasteiger partial charge in [0, 0.05) is 11.0 Å². The molecule has 0 unspecified atom stereocenters. The fourth-order valence-electron chi connectivity index (χ4n) is 3.97. The molecule has 0 N–H and O–H groups in total. The molecule has 3 heterocycles. The van der Waals surface area contributed by atoms with E-state index in [1.165, 1.54) is 0 Å². The van der Waals surface area contributed by atoms with Gasteiger partial charge in [0.05, 0.1) is 12.5 Å². The number of ether oxygens (including phenoxy) is 2. The zero-order valence-corrected chi connectivity index (χ0v) is 11.0. The van der Waals surface area contributed by atoms with Crippen LogP contribution in [-0.2, 0) is 14.3 Å². The van der Waals surface area contributed by atoms with Gasteiger partial charge in [0.2, 0.25) is 0 Å².